The largest absolute Gasteiger partial charge is 0.383 e. The molecule has 4 rings (SSSR count). The number of allylic oxidation sites excluding steroid dienone is 1. The normalized spacial score (nSPS) is 14.6. The van der Waals surface area contributed by atoms with E-state index in [-0.39, 0.29) is 11.5 Å². The van der Waals surface area contributed by atoms with Crippen LogP contribution in [0.25, 0.3) is 26.8 Å². The third-order valence-electron chi connectivity index (χ3n) is 6.11. The molecule has 0 aliphatic carbocycles. The zero-order valence-electron chi connectivity index (χ0n) is 19.2. The molecule has 0 unspecified atom stereocenters. The molecule has 6 heteroatoms. The molecule has 1 aliphatic heterocycles. The number of nitriles is 1. The lowest BCUT2D eigenvalue weighted by Gasteiger charge is -2.29. The van der Waals surface area contributed by atoms with Crippen molar-refractivity contribution in [1.29, 1.82) is 5.26 Å². The van der Waals surface area contributed by atoms with E-state index in [0.717, 1.165) is 28.4 Å². The Kier molecular flexibility index (Phi) is 7.43. The minimum absolute atomic E-state index is 0.142. The second-order valence-corrected chi connectivity index (χ2v) is 9.40. The number of carbonyl (C=O) groups is 1. The first kappa shape index (κ1) is 23.0. The minimum atomic E-state index is -0.364. The number of methoxy groups -OCH3 is 1. The number of nitrogens with zero attached hydrogens (tertiary/aromatic N) is 2. The van der Waals surface area contributed by atoms with E-state index in [4.69, 9.17) is 4.74 Å². The van der Waals surface area contributed by atoms with Crippen molar-refractivity contribution in [3.8, 4) is 16.5 Å². The number of carbonyl (C=O) groups excluding carboxylic acids is 1. The van der Waals surface area contributed by atoms with Gasteiger partial charge in [0.25, 0.3) is 5.91 Å². The number of thiophene rings is 1. The summed E-state index contributed by atoms with van der Waals surface area (Å²) in [4.78, 5) is 16.9. The first-order valence-electron chi connectivity index (χ1n) is 11.4. The van der Waals surface area contributed by atoms with Gasteiger partial charge in [0.15, 0.2) is 0 Å². The smallest absolute Gasteiger partial charge is 0.262 e. The van der Waals surface area contributed by atoms with E-state index in [0.29, 0.717) is 18.7 Å². The van der Waals surface area contributed by atoms with E-state index in [2.05, 4.69) is 58.8 Å². The van der Waals surface area contributed by atoms with Crippen LogP contribution in [0.15, 0.2) is 54.1 Å². The number of hydrogen-bond acceptors (Lipinski definition) is 5. The van der Waals surface area contributed by atoms with E-state index < -0.39 is 0 Å². The number of piperidine rings is 1. The van der Waals surface area contributed by atoms with Crippen molar-refractivity contribution in [2.24, 2.45) is 0 Å². The highest BCUT2D eigenvalue weighted by Crippen LogP contribution is 2.35. The number of amides is 1. The van der Waals surface area contributed by atoms with Gasteiger partial charge in [-0.25, -0.2) is 0 Å². The molecule has 1 aromatic heterocycles. The van der Waals surface area contributed by atoms with Gasteiger partial charge in [-0.05, 0) is 78.4 Å². The molecule has 1 saturated heterocycles. The maximum atomic E-state index is 12.4. The summed E-state index contributed by atoms with van der Waals surface area (Å²) in [6.45, 7) is 4.90. The summed E-state index contributed by atoms with van der Waals surface area (Å²) < 4.78 is 4.96. The van der Waals surface area contributed by atoms with Gasteiger partial charge in [-0.3, -0.25) is 4.79 Å². The summed E-state index contributed by atoms with van der Waals surface area (Å²) >= 11 is 1.60. The molecule has 0 atom stereocenters. The molecule has 0 spiro atoms. The Bertz CT molecular complexity index is 1220. The number of rotatable bonds is 7. The molecular weight excluding hydrogens is 430 g/mol. The van der Waals surface area contributed by atoms with Gasteiger partial charge in [-0.1, -0.05) is 18.2 Å². The quantitative estimate of drug-likeness (QED) is 0.283. The third-order valence-corrected chi connectivity index (χ3v) is 7.36. The standard InChI is InChI=1S/C27H29N3O2S/c1-19(24(18-28)27(31)29-12-15-32-2)25-10-11-26(33-25)22-7-6-21-17-23(9-8-20(21)16-22)30-13-4-3-5-14-30/h6-11,16-17H,3-5,12-15H2,1-2H3,(H,29,31)/b24-19+. The Morgan fingerprint density at radius 1 is 1.09 bits per heavy atom. The highest BCUT2D eigenvalue weighted by atomic mass is 32.1. The van der Waals surface area contributed by atoms with E-state index in [1.54, 1.807) is 18.4 Å². The van der Waals surface area contributed by atoms with Gasteiger partial charge >= 0.3 is 0 Å². The lowest BCUT2D eigenvalue weighted by Crippen LogP contribution is -2.29. The Balaban J connectivity index is 1.56. The van der Waals surface area contributed by atoms with E-state index in [9.17, 15) is 10.1 Å². The van der Waals surface area contributed by atoms with E-state index in [1.807, 2.05) is 13.0 Å². The summed E-state index contributed by atoms with van der Waals surface area (Å²) in [5, 5.41) is 14.7. The Hall–Kier alpha value is -3.14. The van der Waals surface area contributed by atoms with Crippen molar-refractivity contribution < 1.29 is 9.53 Å². The van der Waals surface area contributed by atoms with Crippen molar-refractivity contribution in [3.05, 3.63) is 59.0 Å². The van der Waals surface area contributed by atoms with E-state index in [1.165, 1.54) is 35.7 Å². The van der Waals surface area contributed by atoms with Crippen molar-refractivity contribution in [1.82, 2.24) is 5.32 Å². The fourth-order valence-electron chi connectivity index (χ4n) is 4.21. The van der Waals surface area contributed by atoms with Crippen molar-refractivity contribution in [2.45, 2.75) is 26.2 Å². The molecule has 0 radical (unpaired) electrons. The summed E-state index contributed by atoms with van der Waals surface area (Å²) in [5.74, 6) is -0.364. The van der Waals surface area contributed by atoms with Gasteiger partial charge in [0, 0.05) is 42.2 Å². The van der Waals surface area contributed by atoms with Crippen LogP contribution in [0.5, 0.6) is 0 Å². The molecule has 33 heavy (non-hydrogen) atoms. The fourth-order valence-corrected chi connectivity index (χ4v) is 5.22. The maximum absolute atomic E-state index is 12.4. The van der Waals surface area contributed by atoms with Crippen LogP contribution in [-0.2, 0) is 9.53 Å². The van der Waals surface area contributed by atoms with Crippen molar-refractivity contribution >= 4 is 39.3 Å². The molecule has 2 heterocycles. The molecule has 1 amide bonds. The summed E-state index contributed by atoms with van der Waals surface area (Å²) in [7, 11) is 1.58. The Labute approximate surface area is 199 Å². The number of fused-ring (bicyclic) bond motifs is 1. The van der Waals surface area contributed by atoms with Gasteiger partial charge in [0.1, 0.15) is 11.6 Å². The first-order chi connectivity index (χ1) is 16.1. The maximum Gasteiger partial charge on any atom is 0.262 e. The lowest BCUT2D eigenvalue weighted by atomic mass is 10.0. The molecular formula is C27H29N3O2S. The second-order valence-electron chi connectivity index (χ2n) is 8.32. The molecule has 170 valence electrons. The highest BCUT2D eigenvalue weighted by molar-refractivity contribution is 7.16. The Morgan fingerprint density at radius 3 is 2.61 bits per heavy atom. The van der Waals surface area contributed by atoms with Crippen molar-refractivity contribution in [3.63, 3.8) is 0 Å². The average Bonchev–Trinajstić information content (AvgIpc) is 3.35. The van der Waals surface area contributed by atoms with Gasteiger partial charge in [-0.15, -0.1) is 11.3 Å². The summed E-state index contributed by atoms with van der Waals surface area (Å²) in [5.41, 5.74) is 3.28. The van der Waals surface area contributed by atoms with Crippen LogP contribution in [0, 0.1) is 11.3 Å². The molecule has 0 saturated carbocycles. The fraction of sp³-hybridized carbons (Fsp3) is 0.333. The van der Waals surface area contributed by atoms with Crippen LogP contribution >= 0.6 is 11.3 Å². The van der Waals surface area contributed by atoms with Crippen LogP contribution in [-0.4, -0.2) is 39.3 Å². The predicted octanol–water partition coefficient (Wildman–Crippen LogP) is 5.62. The summed E-state index contributed by atoms with van der Waals surface area (Å²) in [6.07, 6.45) is 3.88. The number of hydrogen-bond donors (Lipinski definition) is 1. The van der Waals surface area contributed by atoms with Gasteiger partial charge < -0.3 is 15.0 Å². The first-order valence-corrected chi connectivity index (χ1v) is 12.2. The minimum Gasteiger partial charge on any atom is -0.383 e. The highest BCUT2D eigenvalue weighted by Gasteiger charge is 2.16. The predicted molar refractivity (Wildman–Crippen MR) is 136 cm³/mol. The van der Waals surface area contributed by atoms with Crippen molar-refractivity contribution in [2.75, 3.05) is 38.3 Å². The topological polar surface area (TPSA) is 65.4 Å². The summed E-state index contributed by atoms with van der Waals surface area (Å²) in [6, 6.07) is 19.4. The van der Waals surface area contributed by atoms with Crippen LogP contribution in [0.2, 0.25) is 0 Å². The van der Waals surface area contributed by atoms with Crippen LogP contribution in [0.3, 0.4) is 0 Å². The monoisotopic (exact) mass is 459 g/mol. The third kappa shape index (κ3) is 5.27. The Morgan fingerprint density at radius 2 is 1.85 bits per heavy atom. The van der Waals surface area contributed by atoms with E-state index >= 15 is 0 Å². The molecule has 5 nitrogen and oxygen atoms in total. The molecule has 1 aliphatic rings. The molecule has 2 aromatic carbocycles. The number of anilines is 1. The van der Waals surface area contributed by atoms with Gasteiger partial charge in [-0.2, -0.15) is 5.26 Å². The number of benzene rings is 2. The molecule has 0 bridgehead atoms. The number of ether oxygens (including phenoxy) is 1. The van der Waals surface area contributed by atoms with Crippen LogP contribution in [0.1, 0.15) is 31.1 Å². The SMILES string of the molecule is COCCNC(=O)/C(C#N)=C(\C)c1ccc(-c2ccc3cc(N4CCCCC4)ccc3c2)s1. The lowest BCUT2D eigenvalue weighted by molar-refractivity contribution is -0.117. The molecule has 1 N–H and O–H groups in total. The van der Waals surface area contributed by atoms with Crippen LogP contribution in [0.4, 0.5) is 5.69 Å². The van der Waals surface area contributed by atoms with Gasteiger partial charge in [0.05, 0.1) is 6.61 Å². The molecule has 3 aromatic rings. The average molecular weight is 460 g/mol. The van der Waals surface area contributed by atoms with Gasteiger partial charge in [0.2, 0.25) is 0 Å². The van der Waals surface area contributed by atoms with Crippen LogP contribution < -0.4 is 10.2 Å². The zero-order chi connectivity index (χ0) is 23.2. The second kappa shape index (κ2) is 10.7. The molecule has 1 fully saturated rings. The number of nitrogens with one attached hydrogen (secondary N) is 1. The zero-order valence-corrected chi connectivity index (χ0v) is 20.0.